The van der Waals surface area contributed by atoms with E-state index in [9.17, 15) is 13.2 Å². The van der Waals surface area contributed by atoms with E-state index in [4.69, 9.17) is 4.74 Å². The van der Waals surface area contributed by atoms with E-state index < -0.39 is 15.3 Å². The van der Waals surface area contributed by atoms with Crippen molar-refractivity contribution >= 4 is 21.4 Å². The highest BCUT2D eigenvalue weighted by atomic mass is 32.2. The van der Waals surface area contributed by atoms with E-state index in [1.165, 1.54) is 0 Å². The molecule has 6 heteroatoms. The lowest BCUT2D eigenvalue weighted by atomic mass is 9.81. The van der Waals surface area contributed by atoms with Crippen molar-refractivity contribution in [3.8, 4) is 5.75 Å². The lowest BCUT2D eigenvalue weighted by molar-refractivity contribution is -0.122. The van der Waals surface area contributed by atoms with Crippen molar-refractivity contribution in [2.75, 3.05) is 17.8 Å². The monoisotopic (exact) mass is 435 g/mol. The fourth-order valence-electron chi connectivity index (χ4n) is 4.09. The maximum Gasteiger partial charge on any atom is 0.237 e. The first kappa shape index (κ1) is 21.1. The summed E-state index contributed by atoms with van der Waals surface area (Å²) in [7, 11) is -1.87. The number of para-hydroxylation sites is 1. The minimum Gasteiger partial charge on any atom is -0.497 e. The van der Waals surface area contributed by atoms with Gasteiger partial charge in [0.2, 0.25) is 5.91 Å². The number of anilines is 1. The van der Waals surface area contributed by atoms with E-state index >= 15 is 0 Å². The summed E-state index contributed by atoms with van der Waals surface area (Å²) in [6.07, 6.45) is 0.221. The zero-order chi connectivity index (χ0) is 22.1. The van der Waals surface area contributed by atoms with E-state index in [-0.39, 0.29) is 23.0 Å². The van der Waals surface area contributed by atoms with Crippen molar-refractivity contribution in [1.82, 2.24) is 0 Å². The first-order valence-corrected chi connectivity index (χ1v) is 11.8. The quantitative estimate of drug-likeness (QED) is 0.553. The Morgan fingerprint density at radius 1 is 0.903 bits per heavy atom. The second kappa shape index (κ2) is 8.19. The van der Waals surface area contributed by atoms with E-state index in [0.29, 0.717) is 6.54 Å². The van der Waals surface area contributed by atoms with Gasteiger partial charge in [0.1, 0.15) is 5.75 Å². The molecule has 3 aromatic carbocycles. The Balaban J connectivity index is 1.61. The molecule has 1 amide bonds. The molecule has 0 aromatic heterocycles. The molecule has 3 aromatic rings. The zero-order valence-electron chi connectivity index (χ0n) is 17.6. The van der Waals surface area contributed by atoms with Crippen LogP contribution in [0.1, 0.15) is 24.5 Å². The number of hydrogen-bond acceptors (Lipinski definition) is 4. The molecule has 5 nitrogen and oxygen atoms in total. The standard InChI is InChI=1S/C25H25NO4S/c1-25(16-17-31(28,29)21-8-4-3-5-9-21)22-10-6-7-11-23(22)26(24(25)27)18-19-12-14-20(30-2)15-13-19/h3-15H,16-18H2,1-2H3/t25-/m0/s1. The third-order valence-corrected chi connectivity index (χ3v) is 7.71. The average Bonchev–Trinajstić information content (AvgIpc) is 3.01. The molecule has 1 heterocycles. The summed E-state index contributed by atoms with van der Waals surface area (Å²) in [5, 5.41) is 0. The van der Waals surface area contributed by atoms with Gasteiger partial charge in [-0.15, -0.1) is 0 Å². The highest BCUT2D eigenvalue weighted by Gasteiger charge is 2.47. The molecule has 0 spiro atoms. The Morgan fingerprint density at radius 2 is 1.55 bits per heavy atom. The van der Waals surface area contributed by atoms with Gasteiger partial charge in [-0.1, -0.05) is 48.5 Å². The molecule has 1 atom stereocenters. The van der Waals surface area contributed by atoms with Crippen LogP contribution in [-0.2, 0) is 26.6 Å². The van der Waals surface area contributed by atoms with Crippen molar-refractivity contribution in [3.05, 3.63) is 90.0 Å². The number of rotatable bonds is 7. The van der Waals surface area contributed by atoms with Gasteiger partial charge in [0.15, 0.2) is 9.84 Å². The number of carbonyl (C=O) groups excluding carboxylic acids is 1. The molecule has 160 valence electrons. The van der Waals surface area contributed by atoms with Crippen LogP contribution >= 0.6 is 0 Å². The van der Waals surface area contributed by atoms with E-state index in [1.54, 1.807) is 42.3 Å². The number of fused-ring (bicyclic) bond motifs is 1. The summed E-state index contributed by atoms with van der Waals surface area (Å²) < 4.78 is 30.9. The van der Waals surface area contributed by atoms with Gasteiger partial charge in [0.25, 0.3) is 0 Å². The topological polar surface area (TPSA) is 63.7 Å². The van der Waals surface area contributed by atoms with Crippen LogP contribution in [0.2, 0.25) is 0 Å². The minimum atomic E-state index is -3.48. The van der Waals surface area contributed by atoms with Crippen LogP contribution in [0.3, 0.4) is 0 Å². The Labute approximate surface area is 183 Å². The third-order valence-electron chi connectivity index (χ3n) is 5.98. The van der Waals surface area contributed by atoms with Crippen molar-refractivity contribution in [2.24, 2.45) is 0 Å². The molecule has 0 aliphatic carbocycles. The molecule has 0 unspecified atom stereocenters. The average molecular weight is 436 g/mol. The molecule has 31 heavy (non-hydrogen) atoms. The van der Waals surface area contributed by atoms with Crippen molar-refractivity contribution in [2.45, 2.75) is 30.2 Å². The first-order chi connectivity index (χ1) is 14.8. The van der Waals surface area contributed by atoms with Crippen LogP contribution in [0.5, 0.6) is 5.75 Å². The molecule has 0 saturated carbocycles. The molecule has 0 N–H and O–H groups in total. The Hall–Kier alpha value is -3.12. The highest BCUT2D eigenvalue weighted by Crippen LogP contribution is 2.44. The third kappa shape index (κ3) is 3.95. The normalized spacial score (nSPS) is 18.1. The molecule has 0 radical (unpaired) electrons. The van der Waals surface area contributed by atoms with Gasteiger partial charge < -0.3 is 9.64 Å². The Bertz CT molecular complexity index is 1190. The summed E-state index contributed by atoms with van der Waals surface area (Å²) in [5.41, 5.74) is 1.79. The van der Waals surface area contributed by atoms with Crippen LogP contribution < -0.4 is 9.64 Å². The van der Waals surface area contributed by atoms with Gasteiger partial charge in [0.05, 0.1) is 29.7 Å². The van der Waals surface area contributed by atoms with Gasteiger partial charge in [-0.05, 0) is 54.8 Å². The molecule has 0 fully saturated rings. The van der Waals surface area contributed by atoms with Crippen LogP contribution in [0.25, 0.3) is 0 Å². The maximum atomic E-state index is 13.6. The van der Waals surface area contributed by atoms with E-state index in [1.807, 2.05) is 55.5 Å². The fraction of sp³-hybridized carbons (Fsp3) is 0.240. The fourth-order valence-corrected chi connectivity index (χ4v) is 5.58. The number of sulfone groups is 1. The SMILES string of the molecule is COc1ccc(CN2C(=O)[C@@](C)(CCS(=O)(=O)c3ccccc3)c3ccccc32)cc1. The second-order valence-corrected chi connectivity index (χ2v) is 10.1. The van der Waals surface area contributed by atoms with Gasteiger partial charge in [-0.2, -0.15) is 0 Å². The summed E-state index contributed by atoms with van der Waals surface area (Å²) in [4.78, 5) is 15.6. The molecular formula is C25H25NO4S. The summed E-state index contributed by atoms with van der Waals surface area (Å²) in [5.74, 6) is 0.588. The van der Waals surface area contributed by atoms with Gasteiger partial charge in [-0.25, -0.2) is 8.42 Å². The maximum absolute atomic E-state index is 13.6. The number of ether oxygens (including phenoxy) is 1. The van der Waals surface area contributed by atoms with Crippen molar-refractivity contribution in [1.29, 1.82) is 0 Å². The summed E-state index contributed by atoms with van der Waals surface area (Å²) in [6, 6.07) is 23.7. The van der Waals surface area contributed by atoms with Gasteiger partial charge >= 0.3 is 0 Å². The lowest BCUT2D eigenvalue weighted by Gasteiger charge is -2.24. The van der Waals surface area contributed by atoms with Crippen LogP contribution in [0, 0.1) is 0 Å². The number of amides is 1. The van der Waals surface area contributed by atoms with Crippen LogP contribution in [-0.4, -0.2) is 27.2 Å². The number of benzene rings is 3. The van der Waals surface area contributed by atoms with Gasteiger partial charge in [-0.3, -0.25) is 4.79 Å². The van der Waals surface area contributed by atoms with E-state index in [0.717, 1.165) is 22.6 Å². The molecular weight excluding hydrogens is 410 g/mol. The largest absolute Gasteiger partial charge is 0.497 e. The number of carbonyl (C=O) groups is 1. The predicted octanol–water partition coefficient (Wildman–Crippen LogP) is 4.36. The highest BCUT2D eigenvalue weighted by molar-refractivity contribution is 7.91. The van der Waals surface area contributed by atoms with Crippen molar-refractivity contribution < 1.29 is 17.9 Å². The molecule has 1 aliphatic heterocycles. The van der Waals surface area contributed by atoms with Gasteiger partial charge in [0, 0.05) is 5.69 Å². The predicted molar refractivity (Wildman–Crippen MR) is 121 cm³/mol. The lowest BCUT2D eigenvalue weighted by Crippen LogP contribution is -2.39. The molecule has 0 bridgehead atoms. The summed E-state index contributed by atoms with van der Waals surface area (Å²) in [6.45, 7) is 2.27. The van der Waals surface area contributed by atoms with Crippen LogP contribution in [0.4, 0.5) is 5.69 Å². The molecule has 4 rings (SSSR count). The Morgan fingerprint density at radius 3 is 2.23 bits per heavy atom. The number of methoxy groups -OCH3 is 1. The molecule has 0 saturated heterocycles. The number of hydrogen-bond donors (Lipinski definition) is 0. The minimum absolute atomic E-state index is 0.0761. The second-order valence-electron chi connectivity index (χ2n) is 7.97. The Kier molecular flexibility index (Phi) is 5.58. The van der Waals surface area contributed by atoms with Crippen molar-refractivity contribution in [3.63, 3.8) is 0 Å². The smallest absolute Gasteiger partial charge is 0.237 e. The zero-order valence-corrected chi connectivity index (χ0v) is 18.4. The van der Waals surface area contributed by atoms with Crippen LogP contribution in [0.15, 0.2) is 83.8 Å². The molecule has 1 aliphatic rings. The number of nitrogens with zero attached hydrogens (tertiary/aromatic N) is 1. The first-order valence-electron chi connectivity index (χ1n) is 10.2. The summed E-state index contributed by atoms with van der Waals surface area (Å²) >= 11 is 0. The van der Waals surface area contributed by atoms with E-state index in [2.05, 4.69) is 0 Å².